The molecule has 1 saturated carbocycles. The molecule has 0 atom stereocenters. The fourth-order valence-corrected chi connectivity index (χ4v) is 2.44. The number of allylic oxidation sites excluding steroid dienone is 1. The fraction of sp³-hybridized carbons (Fsp3) is 0.800. The molecule has 0 spiro atoms. The molecule has 1 rings (SSSR count). The Morgan fingerprint density at radius 3 is 2.60 bits per heavy atom. The third-order valence-corrected chi connectivity index (χ3v) is 3.94. The number of methoxy groups -OCH3 is 1. The Balaban J connectivity index is 0.00000361. The zero-order valence-corrected chi connectivity index (χ0v) is 15.4. The number of ether oxygens (including phenoxy) is 1. The summed E-state index contributed by atoms with van der Waals surface area (Å²) in [5.41, 5.74) is 0.428. The first-order valence-electron chi connectivity index (χ1n) is 7.31. The SMILES string of the molecule is C/C=C/CCNC(=NC)NCC1(CCOC)CCC1.I. The van der Waals surface area contributed by atoms with Crippen molar-refractivity contribution in [1.82, 2.24) is 10.6 Å². The molecule has 0 heterocycles. The van der Waals surface area contributed by atoms with Crippen molar-refractivity contribution in [3.8, 4) is 0 Å². The minimum atomic E-state index is 0. The molecule has 0 radical (unpaired) electrons. The predicted octanol–water partition coefficient (Wildman–Crippen LogP) is 2.94. The number of nitrogens with zero attached hydrogens (tertiary/aromatic N) is 1. The van der Waals surface area contributed by atoms with E-state index >= 15 is 0 Å². The van der Waals surface area contributed by atoms with Gasteiger partial charge in [0.1, 0.15) is 0 Å². The van der Waals surface area contributed by atoms with Crippen LogP contribution in [0.3, 0.4) is 0 Å². The molecule has 0 saturated heterocycles. The highest BCUT2D eigenvalue weighted by Gasteiger charge is 2.36. The lowest BCUT2D eigenvalue weighted by Gasteiger charge is -2.42. The molecule has 0 aromatic rings. The van der Waals surface area contributed by atoms with Crippen LogP contribution in [0.25, 0.3) is 0 Å². The summed E-state index contributed by atoms with van der Waals surface area (Å²) in [5.74, 6) is 0.910. The van der Waals surface area contributed by atoms with E-state index in [0.29, 0.717) is 5.41 Å². The second-order valence-electron chi connectivity index (χ2n) is 5.31. The first-order valence-corrected chi connectivity index (χ1v) is 7.31. The van der Waals surface area contributed by atoms with Gasteiger partial charge in [-0.25, -0.2) is 0 Å². The van der Waals surface area contributed by atoms with E-state index in [0.717, 1.165) is 38.5 Å². The summed E-state index contributed by atoms with van der Waals surface area (Å²) in [6.45, 7) is 4.83. The van der Waals surface area contributed by atoms with Crippen molar-refractivity contribution in [2.75, 3.05) is 33.9 Å². The molecule has 1 fully saturated rings. The van der Waals surface area contributed by atoms with Crippen molar-refractivity contribution in [2.24, 2.45) is 10.4 Å². The van der Waals surface area contributed by atoms with Crippen LogP contribution in [-0.2, 0) is 4.74 Å². The van der Waals surface area contributed by atoms with Gasteiger partial charge in [0.2, 0.25) is 0 Å². The number of hydrogen-bond acceptors (Lipinski definition) is 2. The highest BCUT2D eigenvalue weighted by Crippen LogP contribution is 2.43. The van der Waals surface area contributed by atoms with Crippen molar-refractivity contribution in [3.05, 3.63) is 12.2 Å². The van der Waals surface area contributed by atoms with Crippen molar-refractivity contribution in [2.45, 2.75) is 39.0 Å². The topological polar surface area (TPSA) is 45.7 Å². The fourth-order valence-electron chi connectivity index (χ4n) is 2.44. The molecule has 0 amide bonds. The van der Waals surface area contributed by atoms with Gasteiger partial charge in [-0.1, -0.05) is 18.6 Å². The Morgan fingerprint density at radius 2 is 2.10 bits per heavy atom. The van der Waals surface area contributed by atoms with E-state index in [2.05, 4.69) is 27.8 Å². The number of rotatable bonds is 8. The van der Waals surface area contributed by atoms with Crippen LogP contribution in [0.15, 0.2) is 17.1 Å². The summed E-state index contributed by atoms with van der Waals surface area (Å²) in [6, 6.07) is 0. The third kappa shape index (κ3) is 6.92. The maximum atomic E-state index is 5.22. The van der Waals surface area contributed by atoms with Crippen molar-refractivity contribution >= 4 is 29.9 Å². The van der Waals surface area contributed by atoms with Crippen molar-refractivity contribution in [3.63, 3.8) is 0 Å². The molecule has 4 nitrogen and oxygen atoms in total. The summed E-state index contributed by atoms with van der Waals surface area (Å²) in [4.78, 5) is 4.27. The number of nitrogens with one attached hydrogen (secondary N) is 2. The molecule has 2 N–H and O–H groups in total. The lowest BCUT2D eigenvalue weighted by molar-refractivity contribution is 0.0732. The van der Waals surface area contributed by atoms with E-state index in [9.17, 15) is 0 Å². The number of aliphatic imine (C=N–C) groups is 1. The lowest BCUT2D eigenvalue weighted by atomic mass is 9.67. The average molecular weight is 395 g/mol. The monoisotopic (exact) mass is 395 g/mol. The second kappa shape index (κ2) is 11.4. The van der Waals surface area contributed by atoms with Crippen LogP contribution < -0.4 is 10.6 Å². The van der Waals surface area contributed by atoms with Crippen LogP contribution in [-0.4, -0.2) is 39.8 Å². The molecule has 0 unspecified atom stereocenters. The van der Waals surface area contributed by atoms with E-state index in [1.54, 1.807) is 7.11 Å². The Kier molecular flexibility index (Phi) is 11.2. The molecule has 0 bridgehead atoms. The first kappa shape index (κ1) is 19.7. The van der Waals surface area contributed by atoms with E-state index in [-0.39, 0.29) is 24.0 Å². The molecule has 20 heavy (non-hydrogen) atoms. The number of halogens is 1. The van der Waals surface area contributed by atoms with Gasteiger partial charge < -0.3 is 15.4 Å². The van der Waals surface area contributed by atoms with E-state index in [1.165, 1.54) is 19.3 Å². The Hall–Kier alpha value is -0.300. The highest BCUT2D eigenvalue weighted by atomic mass is 127. The number of hydrogen-bond donors (Lipinski definition) is 2. The summed E-state index contributed by atoms with van der Waals surface area (Å²) in [7, 11) is 3.61. The molecule has 0 aromatic carbocycles. The Labute approximate surface area is 140 Å². The maximum absolute atomic E-state index is 5.22. The van der Waals surface area contributed by atoms with Gasteiger partial charge in [0.15, 0.2) is 5.96 Å². The maximum Gasteiger partial charge on any atom is 0.191 e. The number of guanidine groups is 1. The van der Waals surface area contributed by atoms with Crippen LogP contribution >= 0.6 is 24.0 Å². The van der Waals surface area contributed by atoms with Gasteiger partial charge in [-0.3, -0.25) is 4.99 Å². The van der Waals surface area contributed by atoms with Gasteiger partial charge in [0, 0.05) is 33.9 Å². The van der Waals surface area contributed by atoms with Crippen molar-refractivity contribution < 1.29 is 4.74 Å². The second-order valence-corrected chi connectivity index (χ2v) is 5.31. The molecule has 118 valence electrons. The van der Waals surface area contributed by atoms with E-state index in [1.807, 2.05) is 14.0 Å². The van der Waals surface area contributed by atoms with Crippen LogP contribution in [0.5, 0.6) is 0 Å². The summed E-state index contributed by atoms with van der Waals surface area (Å²) in [6.07, 6.45) is 10.4. The minimum Gasteiger partial charge on any atom is -0.385 e. The quantitative estimate of drug-likeness (QED) is 0.218. The van der Waals surface area contributed by atoms with Gasteiger partial charge >= 0.3 is 0 Å². The van der Waals surface area contributed by atoms with Gasteiger partial charge in [-0.2, -0.15) is 0 Å². The Morgan fingerprint density at radius 1 is 1.35 bits per heavy atom. The largest absolute Gasteiger partial charge is 0.385 e. The van der Waals surface area contributed by atoms with E-state index < -0.39 is 0 Å². The Bertz CT molecular complexity index is 301. The van der Waals surface area contributed by atoms with Gasteiger partial charge in [-0.05, 0) is 38.0 Å². The summed E-state index contributed by atoms with van der Waals surface area (Å²) >= 11 is 0. The lowest BCUT2D eigenvalue weighted by Crippen LogP contribution is -2.47. The molecule has 0 aliphatic heterocycles. The minimum absolute atomic E-state index is 0. The summed E-state index contributed by atoms with van der Waals surface area (Å²) in [5, 5.41) is 6.79. The molecule has 0 aromatic heterocycles. The average Bonchev–Trinajstić information content (AvgIpc) is 2.39. The molecule has 5 heteroatoms. The zero-order chi connectivity index (χ0) is 14.0. The smallest absolute Gasteiger partial charge is 0.191 e. The normalized spacial score (nSPS) is 17.4. The molecule has 1 aliphatic carbocycles. The highest BCUT2D eigenvalue weighted by molar-refractivity contribution is 14.0. The standard InChI is InChI=1S/C15H29N3O.HI/c1-4-5-6-11-17-14(16-2)18-13-15(8-7-9-15)10-12-19-3;/h4-5H,6-13H2,1-3H3,(H2,16,17,18);1H/b5-4+;. The van der Waals surface area contributed by atoms with Gasteiger partial charge in [-0.15, -0.1) is 24.0 Å². The summed E-state index contributed by atoms with van der Waals surface area (Å²) < 4.78 is 5.22. The van der Waals surface area contributed by atoms with Crippen LogP contribution in [0.1, 0.15) is 39.0 Å². The first-order chi connectivity index (χ1) is 9.26. The molecule has 1 aliphatic rings. The van der Waals surface area contributed by atoms with Crippen LogP contribution in [0.4, 0.5) is 0 Å². The predicted molar refractivity (Wildman–Crippen MR) is 97.0 cm³/mol. The van der Waals surface area contributed by atoms with Gasteiger partial charge in [0.05, 0.1) is 0 Å². The third-order valence-electron chi connectivity index (χ3n) is 3.94. The van der Waals surface area contributed by atoms with Gasteiger partial charge in [0.25, 0.3) is 0 Å². The van der Waals surface area contributed by atoms with Crippen molar-refractivity contribution in [1.29, 1.82) is 0 Å². The zero-order valence-electron chi connectivity index (χ0n) is 13.1. The molecular formula is C15H30IN3O. The van der Waals surface area contributed by atoms with Crippen LogP contribution in [0, 0.1) is 5.41 Å². The van der Waals surface area contributed by atoms with Crippen LogP contribution in [0.2, 0.25) is 0 Å². The molecular weight excluding hydrogens is 365 g/mol. The van der Waals surface area contributed by atoms with E-state index in [4.69, 9.17) is 4.74 Å².